The van der Waals surface area contributed by atoms with Crippen LogP contribution in [0.15, 0.2) is 116 Å². The molecule has 9 N–H and O–H groups in total. The number of azo groups is 3. The highest BCUT2D eigenvalue weighted by Crippen LogP contribution is 2.46. The third kappa shape index (κ3) is 14.2. The molecule has 0 atom stereocenters. The summed E-state index contributed by atoms with van der Waals surface area (Å²) < 4.78 is 228. The Labute approximate surface area is 374 Å². The molecule has 0 spiro atoms. The Balaban J connectivity index is 1.93. The average molecular weight is 1070 g/mol. The van der Waals surface area contributed by atoms with Crippen LogP contribution in [0.1, 0.15) is 0 Å². The number of sulfone groups is 2. The smallest absolute Gasteiger partial charge is 0.397 e. The summed E-state index contributed by atoms with van der Waals surface area (Å²) in [6.45, 7) is -2.23. The molecule has 0 unspecified atom stereocenters. The van der Waals surface area contributed by atoms with E-state index in [2.05, 4.69) is 39.1 Å². The summed E-state index contributed by atoms with van der Waals surface area (Å²) >= 11 is 0. The molecular weight excluding hydrogens is 1040 g/mol. The Morgan fingerprint density at radius 1 is 0.455 bits per heavy atom. The van der Waals surface area contributed by atoms with E-state index < -0.39 is 166 Å². The second kappa shape index (κ2) is 19.7. The quantitative estimate of drug-likeness (QED) is 0.0380. The Morgan fingerprint density at radius 2 is 0.788 bits per heavy atom. The fraction of sp³-hybridized carbons (Fsp3) is 0.172. The number of anilines is 2. The third-order valence-electron chi connectivity index (χ3n) is 7.87. The maximum Gasteiger partial charge on any atom is 0.397 e. The molecule has 0 radical (unpaired) electrons. The summed E-state index contributed by atoms with van der Waals surface area (Å²) in [6, 6.07) is 7.65. The van der Waals surface area contributed by atoms with E-state index in [1.54, 1.807) is 0 Å². The summed E-state index contributed by atoms with van der Waals surface area (Å²) in [6.07, 6.45) is 0. The molecule has 0 bridgehead atoms. The number of ether oxygens (including phenoxy) is 1. The lowest BCUT2D eigenvalue weighted by Crippen LogP contribution is -2.16. The standard InChI is InChI=1S/C29H30N8O22S7/c1-57-16-2-5-19(24(12-16)62(42,43)44)32-35-22-15-23(36-33-20-6-3-17(13-25(20)63(45,46)47)60(38,39)10-8-58-65(51,52)53)28(31)29(27(22)30)37-34-21-7-4-18(14-26(21)64(48,49)50)61(40,41)11-9-59-66(54,55)56/h2-7,12-15H,8-11,30-31H2,1H3,(H,42,43,44)(H,45,46,47)(H,48,49,50)(H,51,52,53)(H,54,55,56)/b35-32+,36-33+,37-34+. The van der Waals surface area contributed by atoms with Crippen LogP contribution in [-0.2, 0) is 79.2 Å². The van der Waals surface area contributed by atoms with Crippen molar-refractivity contribution in [2.24, 2.45) is 30.7 Å². The Kier molecular flexibility index (Phi) is 15.9. The maximum absolute atomic E-state index is 12.8. The SMILES string of the molecule is COc1ccc(/N=N/c2cc(/N=N/c3ccc(S(=O)(=O)CCOS(=O)(=O)O)cc3S(=O)(=O)O)c(N)c(/N=N/c3ccc(S(=O)(=O)CCOS(=O)(=O)O)cc3S(=O)(=O)O)c2N)c(S(=O)(=O)O)c1. The summed E-state index contributed by atoms with van der Waals surface area (Å²) in [5.74, 6) is -2.31. The first-order chi connectivity index (χ1) is 30.1. The minimum atomic E-state index is -5.38. The Bertz CT molecular complexity index is 3490. The van der Waals surface area contributed by atoms with Crippen LogP contribution in [0.3, 0.4) is 0 Å². The number of nitrogen functional groups attached to an aromatic ring is 2. The molecule has 0 saturated heterocycles. The predicted molar refractivity (Wildman–Crippen MR) is 222 cm³/mol. The lowest BCUT2D eigenvalue weighted by Gasteiger charge is -2.11. The van der Waals surface area contributed by atoms with Crippen molar-refractivity contribution in [2.45, 2.75) is 24.5 Å². The minimum Gasteiger partial charge on any atom is -0.497 e. The predicted octanol–water partition coefficient (Wildman–Crippen LogP) is 3.03. The van der Waals surface area contributed by atoms with Crippen LogP contribution in [0.2, 0.25) is 0 Å². The van der Waals surface area contributed by atoms with Crippen LogP contribution in [0.25, 0.3) is 0 Å². The number of nitrogens with zero attached hydrogens (tertiary/aromatic N) is 6. The van der Waals surface area contributed by atoms with Crippen LogP contribution in [0, 0.1) is 0 Å². The number of rotatable bonds is 20. The summed E-state index contributed by atoms with van der Waals surface area (Å²) in [5.41, 5.74) is 7.18. The topological polar surface area (TPSA) is 494 Å². The van der Waals surface area contributed by atoms with Crippen molar-refractivity contribution in [3.8, 4) is 5.75 Å². The van der Waals surface area contributed by atoms with Crippen molar-refractivity contribution in [3.63, 3.8) is 0 Å². The van der Waals surface area contributed by atoms with Gasteiger partial charge in [-0.05, 0) is 54.6 Å². The molecule has 4 rings (SSSR count). The van der Waals surface area contributed by atoms with E-state index in [0.29, 0.717) is 24.3 Å². The fourth-order valence-corrected chi connectivity index (χ4v) is 9.97. The first-order valence-electron chi connectivity index (χ1n) is 16.7. The van der Waals surface area contributed by atoms with E-state index in [-0.39, 0.29) is 5.75 Å². The molecule has 0 fully saturated rings. The van der Waals surface area contributed by atoms with E-state index in [4.69, 9.17) is 25.3 Å². The molecule has 0 heterocycles. The second-order valence-electron chi connectivity index (χ2n) is 12.3. The highest BCUT2D eigenvalue weighted by Gasteiger charge is 2.26. The van der Waals surface area contributed by atoms with Gasteiger partial charge in [0, 0.05) is 6.07 Å². The summed E-state index contributed by atoms with van der Waals surface area (Å²) in [7, 11) is -33.9. The van der Waals surface area contributed by atoms with E-state index in [1.165, 1.54) is 13.2 Å². The molecule has 0 saturated carbocycles. The molecule has 30 nitrogen and oxygen atoms in total. The highest BCUT2D eigenvalue weighted by molar-refractivity contribution is 7.92. The first-order valence-corrected chi connectivity index (χ1v) is 27.0. The molecule has 66 heavy (non-hydrogen) atoms. The van der Waals surface area contributed by atoms with Gasteiger partial charge in [0.2, 0.25) is 0 Å². The van der Waals surface area contributed by atoms with Gasteiger partial charge in [-0.25, -0.2) is 25.2 Å². The number of hydrogen-bond acceptors (Lipinski definition) is 25. The van der Waals surface area contributed by atoms with Crippen LogP contribution >= 0.6 is 0 Å². The normalized spacial score (nSPS) is 13.5. The van der Waals surface area contributed by atoms with Gasteiger partial charge in [-0.1, -0.05) is 0 Å². The van der Waals surface area contributed by atoms with Crippen molar-refractivity contribution in [3.05, 3.63) is 60.7 Å². The van der Waals surface area contributed by atoms with Gasteiger partial charge in [0.25, 0.3) is 30.4 Å². The van der Waals surface area contributed by atoms with E-state index in [1.807, 2.05) is 0 Å². The lowest BCUT2D eigenvalue weighted by molar-refractivity contribution is 0.282. The van der Waals surface area contributed by atoms with Crippen molar-refractivity contribution >= 4 is 116 Å². The molecule has 4 aromatic carbocycles. The Hall–Kier alpha value is -5.55. The molecule has 0 aliphatic heterocycles. The number of methoxy groups -OCH3 is 1. The number of nitrogens with two attached hydrogens (primary N) is 2. The zero-order valence-corrected chi connectivity index (χ0v) is 38.2. The fourth-order valence-electron chi connectivity index (χ4n) is 4.86. The summed E-state index contributed by atoms with van der Waals surface area (Å²) in [5, 5.41) is 22.5. The van der Waals surface area contributed by atoms with Crippen molar-refractivity contribution < 1.29 is 94.8 Å². The van der Waals surface area contributed by atoms with Crippen LogP contribution < -0.4 is 16.2 Å². The Morgan fingerprint density at radius 3 is 1.14 bits per heavy atom. The minimum absolute atomic E-state index is 0.0545. The molecule has 360 valence electrons. The maximum atomic E-state index is 12.8. The van der Waals surface area contributed by atoms with Gasteiger partial charge in [0.05, 0.1) is 53.0 Å². The number of benzene rings is 4. The zero-order valence-electron chi connectivity index (χ0n) is 32.5. The van der Waals surface area contributed by atoms with Crippen LogP contribution in [0.5, 0.6) is 5.75 Å². The van der Waals surface area contributed by atoms with Gasteiger partial charge < -0.3 is 16.2 Å². The van der Waals surface area contributed by atoms with Gasteiger partial charge in [0.15, 0.2) is 19.7 Å². The zero-order chi connectivity index (χ0) is 49.8. The molecule has 0 aliphatic carbocycles. The number of hydrogen-bond donors (Lipinski definition) is 7. The van der Waals surface area contributed by atoms with Crippen LogP contribution in [0.4, 0.5) is 45.5 Å². The molecular formula is C29H30N8O22S7. The lowest BCUT2D eigenvalue weighted by atomic mass is 10.2. The molecule has 0 aliphatic rings. The summed E-state index contributed by atoms with van der Waals surface area (Å²) in [4.78, 5) is -4.91. The van der Waals surface area contributed by atoms with Crippen LogP contribution in [-0.4, -0.2) is 114 Å². The van der Waals surface area contributed by atoms with Gasteiger partial charge in [-0.3, -0.25) is 22.8 Å². The second-order valence-corrected chi connectivity index (χ2v) is 22.9. The van der Waals surface area contributed by atoms with Crippen molar-refractivity contribution in [1.29, 1.82) is 0 Å². The van der Waals surface area contributed by atoms with Gasteiger partial charge in [0.1, 0.15) is 54.6 Å². The highest BCUT2D eigenvalue weighted by atomic mass is 32.3. The van der Waals surface area contributed by atoms with E-state index in [9.17, 15) is 72.6 Å². The first kappa shape index (κ1) is 53.1. The van der Waals surface area contributed by atoms with Gasteiger partial charge >= 0.3 is 20.8 Å². The third-order valence-corrected chi connectivity index (χ3v) is 14.8. The van der Waals surface area contributed by atoms with Crippen molar-refractivity contribution in [2.75, 3.05) is 43.3 Å². The largest absolute Gasteiger partial charge is 0.497 e. The van der Waals surface area contributed by atoms with Crippen molar-refractivity contribution in [1.82, 2.24) is 0 Å². The monoisotopic (exact) mass is 1070 g/mol. The average Bonchev–Trinajstić information content (AvgIpc) is 3.17. The van der Waals surface area contributed by atoms with E-state index in [0.717, 1.165) is 30.3 Å². The molecule has 0 amide bonds. The van der Waals surface area contributed by atoms with E-state index >= 15 is 0 Å². The van der Waals surface area contributed by atoms with Gasteiger partial charge in [-0.2, -0.15) is 42.1 Å². The molecule has 0 aromatic heterocycles. The van der Waals surface area contributed by atoms with Gasteiger partial charge in [-0.15, -0.1) is 30.7 Å². The molecule has 4 aromatic rings. The molecule has 37 heteroatoms.